The molecule has 1 fully saturated rings. The van der Waals surface area contributed by atoms with Crippen LogP contribution in [0, 0.1) is 5.92 Å². The van der Waals surface area contributed by atoms with Gasteiger partial charge in [-0.2, -0.15) is 0 Å². The number of benzene rings is 1. The number of hydrogen-bond donors (Lipinski definition) is 1. The number of para-hydroxylation sites is 2. The van der Waals surface area contributed by atoms with Gasteiger partial charge in [-0.25, -0.2) is 0 Å². The fourth-order valence-electron chi connectivity index (χ4n) is 2.44. The predicted molar refractivity (Wildman–Crippen MR) is 81.3 cm³/mol. The summed E-state index contributed by atoms with van der Waals surface area (Å²) in [5, 5.41) is 2.93. The molecule has 1 heterocycles. The maximum absolute atomic E-state index is 12.2. The Morgan fingerprint density at radius 3 is 2.62 bits per heavy atom. The standard InChI is InChI=1S/C16H22N2O3/c1-16(2,3)17-15(20)11-9-14(19)18(10-11)12-7-5-6-8-13(12)21-4/h5-8,11H,9-10H2,1-4H3,(H,17,20). The molecule has 1 aliphatic rings. The fourth-order valence-corrected chi connectivity index (χ4v) is 2.44. The Labute approximate surface area is 125 Å². The Balaban J connectivity index is 2.15. The summed E-state index contributed by atoms with van der Waals surface area (Å²) >= 11 is 0. The summed E-state index contributed by atoms with van der Waals surface area (Å²) in [5.74, 6) is 0.200. The Morgan fingerprint density at radius 2 is 2.00 bits per heavy atom. The topological polar surface area (TPSA) is 58.6 Å². The highest BCUT2D eigenvalue weighted by atomic mass is 16.5. The summed E-state index contributed by atoms with van der Waals surface area (Å²) < 4.78 is 5.29. The van der Waals surface area contributed by atoms with Gasteiger partial charge in [0.15, 0.2) is 0 Å². The van der Waals surface area contributed by atoms with Crippen molar-refractivity contribution in [3.63, 3.8) is 0 Å². The highest BCUT2D eigenvalue weighted by Gasteiger charge is 2.37. The van der Waals surface area contributed by atoms with Gasteiger partial charge in [-0.1, -0.05) is 12.1 Å². The van der Waals surface area contributed by atoms with Crippen LogP contribution < -0.4 is 15.0 Å². The largest absolute Gasteiger partial charge is 0.495 e. The van der Waals surface area contributed by atoms with Crippen molar-refractivity contribution in [2.75, 3.05) is 18.6 Å². The molecule has 0 aromatic heterocycles. The third-order valence-corrected chi connectivity index (χ3v) is 3.37. The highest BCUT2D eigenvalue weighted by molar-refractivity contribution is 6.01. The molecule has 1 aromatic carbocycles. The van der Waals surface area contributed by atoms with E-state index in [1.165, 1.54) is 0 Å². The smallest absolute Gasteiger partial charge is 0.227 e. The molecule has 5 heteroatoms. The second-order valence-electron chi connectivity index (χ2n) is 6.32. The van der Waals surface area contributed by atoms with Gasteiger partial charge in [0.25, 0.3) is 0 Å². The molecule has 1 atom stereocenters. The SMILES string of the molecule is COc1ccccc1N1CC(C(=O)NC(C)(C)C)CC1=O. The zero-order chi connectivity index (χ0) is 15.6. The molecule has 1 N–H and O–H groups in total. The molecule has 114 valence electrons. The molecule has 0 aliphatic carbocycles. The van der Waals surface area contributed by atoms with Crippen LogP contribution in [0.5, 0.6) is 5.75 Å². The van der Waals surface area contributed by atoms with Gasteiger partial charge < -0.3 is 15.0 Å². The minimum atomic E-state index is -0.318. The van der Waals surface area contributed by atoms with E-state index in [9.17, 15) is 9.59 Å². The summed E-state index contributed by atoms with van der Waals surface area (Å²) in [6, 6.07) is 7.35. The van der Waals surface area contributed by atoms with E-state index in [-0.39, 0.29) is 29.7 Å². The molecule has 2 rings (SSSR count). The molecule has 2 amide bonds. The Morgan fingerprint density at radius 1 is 1.33 bits per heavy atom. The minimum Gasteiger partial charge on any atom is -0.495 e. The van der Waals surface area contributed by atoms with Gasteiger partial charge in [0, 0.05) is 18.5 Å². The Bertz CT molecular complexity index is 549. The van der Waals surface area contributed by atoms with Gasteiger partial charge in [-0.05, 0) is 32.9 Å². The Kier molecular flexibility index (Phi) is 4.21. The van der Waals surface area contributed by atoms with E-state index < -0.39 is 0 Å². The normalized spacial score (nSPS) is 18.8. The number of hydrogen-bond acceptors (Lipinski definition) is 3. The molecule has 5 nitrogen and oxygen atoms in total. The van der Waals surface area contributed by atoms with Crippen molar-refractivity contribution >= 4 is 17.5 Å². The minimum absolute atomic E-state index is 0.0476. The first-order valence-corrected chi connectivity index (χ1v) is 7.07. The van der Waals surface area contributed by atoms with Gasteiger partial charge in [-0.3, -0.25) is 9.59 Å². The maximum Gasteiger partial charge on any atom is 0.227 e. The number of carbonyl (C=O) groups is 2. The summed E-state index contributed by atoms with van der Waals surface area (Å²) in [4.78, 5) is 26.1. The lowest BCUT2D eigenvalue weighted by atomic mass is 10.0. The second kappa shape index (κ2) is 5.76. The van der Waals surface area contributed by atoms with E-state index in [2.05, 4.69) is 5.32 Å². The molecule has 1 saturated heterocycles. The van der Waals surface area contributed by atoms with Crippen LogP contribution in [0.25, 0.3) is 0 Å². The summed E-state index contributed by atoms with van der Waals surface area (Å²) in [6.07, 6.45) is 0.236. The molecule has 0 spiro atoms. The van der Waals surface area contributed by atoms with E-state index in [1.54, 1.807) is 12.0 Å². The van der Waals surface area contributed by atoms with Crippen molar-refractivity contribution in [1.29, 1.82) is 0 Å². The van der Waals surface area contributed by atoms with Crippen molar-refractivity contribution in [2.45, 2.75) is 32.7 Å². The van der Waals surface area contributed by atoms with Crippen molar-refractivity contribution in [1.82, 2.24) is 5.32 Å². The van der Waals surface area contributed by atoms with Crippen molar-refractivity contribution < 1.29 is 14.3 Å². The molecular formula is C16H22N2O3. The lowest BCUT2D eigenvalue weighted by Gasteiger charge is -2.23. The number of nitrogens with one attached hydrogen (secondary N) is 1. The van der Waals surface area contributed by atoms with Crippen molar-refractivity contribution in [3.8, 4) is 5.75 Å². The quantitative estimate of drug-likeness (QED) is 0.926. The Hall–Kier alpha value is -2.04. The number of methoxy groups -OCH3 is 1. The van der Waals surface area contributed by atoms with Crippen LogP contribution in [0.15, 0.2) is 24.3 Å². The van der Waals surface area contributed by atoms with Gasteiger partial charge >= 0.3 is 0 Å². The number of nitrogens with zero attached hydrogens (tertiary/aromatic N) is 1. The molecule has 0 saturated carbocycles. The van der Waals surface area contributed by atoms with Gasteiger partial charge in [0.05, 0.1) is 18.7 Å². The summed E-state index contributed by atoms with van der Waals surface area (Å²) in [7, 11) is 1.57. The lowest BCUT2D eigenvalue weighted by Crippen LogP contribution is -2.44. The number of carbonyl (C=O) groups excluding carboxylic acids is 2. The van der Waals surface area contributed by atoms with Crippen LogP contribution in [-0.2, 0) is 9.59 Å². The zero-order valence-corrected chi connectivity index (χ0v) is 13.0. The van der Waals surface area contributed by atoms with Crippen molar-refractivity contribution in [3.05, 3.63) is 24.3 Å². The van der Waals surface area contributed by atoms with Crippen LogP contribution in [0.3, 0.4) is 0 Å². The number of rotatable bonds is 3. The summed E-state index contributed by atoms with van der Waals surface area (Å²) in [5.41, 5.74) is 0.425. The predicted octanol–water partition coefficient (Wildman–Crippen LogP) is 1.96. The average Bonchev–Trinajstić information content (AvgIpc) is 2.79. The van der Waals surface area contributed by atoms with Crippen molar-refractivity contribution in [2.24, 2.45) is 5.92 Å². The highest BCUT2D eigenvalue weighted by Crippen LogP contribution is 2.32. The van der Waals surface area contributed by atoms with Crippen LogP contribution in [0.2, 0.25) is 0 Å². The van der Waals surface area contributed by atoms with Gasteiger partial charge in [0.1, 0.15) is 5.75 Å². The van der Waals surface area contributed by atoms with E-state index >= 15 is 0 Å². The first kappa shape index (κ1) is 15.4. The number of amides is 2. The van der Waals surface area contributed by atoms with E-state index in [0.717, 1.165) is 5.69 Å². The van der Waals surface area contributed by atoms with Crippen LogP contribution in [0.4, 0.5) is 5.69 Å². The fraction of sp³-hybridized carbons (Fsp3) is 0.500. The van der Waals surface area contributed by atoms with E-state index in [0.29, 0.717) is 12.3 Å². The number of anilines is 1. The van der Waals surface area contributed by atoms with Crippen LogP contribution in [0.1, 0.15) is 27.2 Å². The van der Waals surface area contributed by atoms with Gasteiger partial charge in [-0.15, -0.1) is 0 Å². The second-order valence-corrected chi connectivity index (χ2v) is 6.32. The summed E-state index contributed by atoms with van der Waals surface area (Å²) in [6.45, 7) is 6.18. The molecule has 0 bridgehead atoms. The third kappa shape index (κ3) is 3.54. The van der Waals surface area contributed by atoms with Gasteiger partial charge in [0.2, 0.25) is 11.8 Å². The zero-order valence-electron chi connectivity index (χ0n) is 13.0. The average molecular weight is 290 g/mol. The van der Waals surface area contributed by atoms with E-state index in [1.807, 2.05) is 45.0 Å². The number of ether oxygens (including phenoxy) is 1. The third-order valence-electron chi connectivity index (χ3n) is 3.37. The molecule has 1 unspecified atom stereocenters. The van der Waals surface area contributed by atoms with E-state index in [4.69, 9.17) is 4.74 Å². The monoisotopic (exact) mass is 290 g/mol. The first-order chi connectivity index (χ1) is 9.81. The van der Waals surface area contributed by atoms with Crippen LogP contribution in [-0.4, -0.2) is 31.0 Å². The molecule has 1 aromatic rings. The van der Waals surface area contributed by atoms with Crippen LogP contribution >= 0.6 is 0 Å². The molecule has 1 aliphatic heterocycles. The maximum atomic E-state index is 12.2. The first-order valence-electron chi connectivity index (χ1n) is 7.07. The molecule has 0 radical (unpaired) electrons. The molecular weight excluding hydrogens is 268 g/mol. The molecule has 21 heavy (non-hydrogen) atoms. The lowest BCUT2D eigenvalue weighted by molar-refractivity contribution is -0.127.